The Morgan fingerprint density at radius 3 is 2.50 bits per heavy atom. The van der Waals surface area contributed by atoms with E-state index in [0.29, 0.717) is 11.3 Å². The van der Waals surface area contributed by atoms with Gasteiger partial charge in [0.25, 0.3) is 0 Å². The molecule has 0 atom stereocenters. The third-order valence-corrected chi connectivity index (χ3v) is 2.98. The number of nitrogens with one attached hydrogen (secondary N) is 2. The fraction of sp³-hybridized carbons (Fsp3) is 0.118. The molecule has 2 amide bonds. The summed E-state index contributed by atoms with van der Waals surface area (Å²) in [5.74, 6) is -1.06. The average molecular weight is 329 g/mol. The molecule has 0 bridgehead atoms. The van der Waals surface area contributed by atoms with Crippen molar-refractivity contribution in [2.45, 2.75) is 12.8 Å². The van der Waals surface area contributed by atoms with Crippen LogP contribution in [-0.4, -0.2) is 23.1 Å². The van der Waals surface area contributed by atoms with Crippen LogP contribution in [0.1, 0.15) is 18.4 Å². The number of aromatic hydroxyl groups is 1. The Morgan fingerprint density at radius 2 is 1.79 bits per heavy atom. The number of hydrazone groups is 1. The number of phenolic OH excluding ortho intramolecular Hbond substituents is 1. The first-order valence-electron chi connectivity index (χ1n) is 7.19. The molecule has 0 radical (unpaired) electrons. The monoisotopic (exact) mass is 329 g/mol. The molecule has 0 fully saturated rings. The summed E-state index contributed by atoms with van der Waals surface area (Å²) >= 11 is 0. The maximum absolute atomic E-state index is 12.7. The van der Waals surface area contributed by atoms with Crippen LogP contribution in [0.2, 0.25) is 0 Å². The minimum atomic E-state index is -0.416. The van der Waals surface area contributed by atoms with Crippen molar-refractivity contribution in [2.75, 3.05) is 5.32 Å². The number of anilines is 1. The van der Waals surface area contributed by atoms with E-state index < -0.39 is 11.7 Å². The molecule has 7 heteroatoms. The normalized spacial score (nSPS) is 10.5. The van der Waals surface area contributed by atoms with Crippen LogP contribution in [0.4, 0.5) is 10.1 Å². The summed E-state index contributed by atoms with van der Waals surface area (Å²) in [6.07, 6.45) is 1.32. The molecule has 24 heavy (non-hydrogen) atoms. The maximum atomic E-state index is 12.7. The van der Waals surface area contributed by atoms with Crippen LogP contribution in [-0.2, 0) is 9.59 Å². The quantitative estimate of drug-likeness (QED) is 0.561. The molecule has 2 aromatic rings. The van der Waals surface area contributed by atoms with E-state index >= 15 is 0 Å². The zero-order valence-corrected chi connectivity index (χ0v) is 12.7. The third-order valence-electron chi connectivity index (χ3n) is 2.98. The van der Waals surface area contributed by atoms with Gasteiger partial charge in [-0.1, -0.05) is 12.1 Å². The Balaban J connectivity index is 1.72. The molecule has 2 rings (SSSR count). The van der Waals surface area contributed by atoms with Crippen molar-refractivity contribution in [1.29, 1.82) is 0 Å². The fourth-order valence-corrected chi connectivity index (χ4v) is 1.82. The third kappa shape index (κ3) is 5.88. The summed E-state index contributed by atoms with van der Waals surface area (Å²) in [5.41, 5.74) is 3.39. The zero-order chi connectivity index (χ0) is 17.4. The van der Waals surface area contributed by atoms with E-state index in [9.17, 15) is 19.1 Å². The van der Waals surface area contributed by atoms with Gasteiger partial charge in [0.15, 0.2) is 0 Å². The van der Waals surface area contributed by atoms with Crippen molar-refractivity contribution in [2.24, 2.45) is 5.10 Å². The van der Waals surface area contributed by atoms with Crippen LogP contribution in [0.15, 0.2) is 53.6 Å². The molecule has 0 saturated carbocycles. The van der Waals surface area contributed by atoms with E-state index in [1.807, 2.05) is 0 Å². The maximum Gasteiger partial charge on any atom is 0.240 e. The van der Waals surface area contributed by atoms with Crippen LogP contribution in [0.5, 0.6) is 5.75 Å². The summed E-state index contributed by atoms with van der Waals surface area (Å²) in [6, 6.07) is 11.7. The fourth-order valence-electron chi connectivity index (χ4n) is 1.82. The van der Waals surface area contributed by atoms with Gasteiger partial charge in [-0.15, -0.1) is 0 Å². The highest BCUT2D eigenvalue weighted by molar-refractivity contribution is 5.93. The highest BCUT2D eigenvalue weighted by Gasteiger charge is 2.06. The lowest BCUT2D eigenvalue weighted by molar-refractivity contribution is -0.124. The van der Waals surface area contributed by atoms with Crippen LogP contribution in [0.3, 0.4) is 0 Å². The lowest BCUT2D eigenvalue weighted by atomic mass is 10.2. The zero-order valence-electron chi connectivity index (χ0n) is 12.7. The first kappa shape index (κ1) is 17.1. The molecule has 0 aliphatic carbocycles. The second-order valence-electron chi connectivity index (χ2n) is 4.94. The van der Waals surface area contributed by atoms with Gasteiger partial charge in [-0.05, 0) is 42.0 Å². The van der Waals surface area contributed by atoms with Gasteiger partial charge in [-0.2, -0.15) is 5.10 Å². The number of rotatable bonds is 6. The second kappa shape index (κ2) is 8.42. The summed E-state index contributed by atoms with van der Waals surface area (Å²) in [6.45, 7) is 0. The molecule has 2 aromatic carbocycles. The van der Waals surface area contributed by atoms with Crippen LogP contribution in [0, 0.1) is 5.82 Å². The summed E-state index contributed by atoms with van der Waals surface area (Å²) in [7, 11) is 0. The van der Waals surface area contributed by atoms with Gasteiger partial charge in [0.1, 0.15) is 11.6 Å². The molecule has 3 N–H and O–H groups in total. The summed E-state index contributed by atoms with van der Waals surface area (Å²) in [5, 5.41) is 15.6. The molecule has 124 valence electrons. The minimum absolute atomic E-state index is 0.0230. The Morgan fingerprint density at radius 1 is 1.08 bits per heavy atom. The van der Waals surface area contributed by atoms with E-state index in [0.717, 1.165) is 0 Å². The van der Waals surface area contributed by atoms with Gasteiger partial charge >= 0.3 is 0 Å². The lowest BCUT2D eigenvalue weighted by Gasteiger charge is -2.04. The van der Waals surface area contributed by atoms with Crippen molar-refractivity contribution in [3.8, 4) is 5.75 Å². The predicted molar refractivity (Wildman–Crippen MR) is 88.1 cm³/mol. The molecule has 0 spiro atoms. The number of hydrogen-bond acceptors (Lipinski definition) is 4. The largest absolute Gasteiger partial charge is 0.508 e. The van der Waals surface area contributed by atoms with Gasteiger partial charge in [0, 0.05) is 18.5 Å². The SMILES string of the molecule is O=C(CCC(=O)Nc1ccc(F)cc1)NN=Cc1cccc(O)c1. The number of benzene rings is 2. The van der Waals surface area contributed by atoms with Crippen molar-refractivity contribution in [3.05, 3.63) is 59.9 Å². The van der Waals surface area contributed by atoms with Crippen molar-refractivity contribution in [1.82, 2.24) is 5.43 Å². The number of carbonyl (C=O) groups is 2. The van der Waals surface area contributed by atoms with Gasteiger partial charge in [-0.3, -0.25) is 9.59 Å². The van der Waals surface area contributed by atoms with Crippen LogP contribution >= 0.6 is 0 Å². The van der Waals surface area contributed by atoms with E-state index in [2.05, 4.69) is 15.8 Å². The standard InChI is InChI=1S/C17H16FN3O3/c18-13-4-6-14(7-5-13)20-16(23)8-9-17(24)21-19-11-12-2-1-3-15(22)10-12/h1-7,10-11,22H,8-9H2,(H,20,23)(H,21,24). The Hall–Kier alpha value is -3.22. The van der Waals surface area contributed by atoms with Gasteiger partial charge in [0.2, 0.25) is 11.8 Å². The molecule has 0 aromatic heterocycles. The minimum Gasteiger partial charge on any atom is -0.508 e. The van der Waals surface area contributed by atoms with E-state index in [1.165, 1.54) is 42.6 Å². The number of amides is 2. The Labute approximate surface area is 138 Å². The molecule has 0 heterocycles. The van der Waals surface area contributed by atoms with Crippen LogP contribution in [0.25, 0.3) is 0 Å². The highest BCUT2D eigenvalue weighted by Crippen LogP contribution is 2.09. The number of nitrogens with zero attached hydrogens (tertiary/aromatic N) is 1. The average Bonchev–Trinajstić information content (AvgIpc) is 2.55. The van der Waals surface area contributed by atoms with E-state index in [-0.39, 0.29) is 24.5 Å². The number of phenols is 1. The highest BCUT2D eigenvalue weighted by atomic mass is 19.1. The number of halogens is 1. The van der Waals surface area contributed by atoms with Gasteiger partial charge in [0.05, 0.1) is 6.21 Å². The smallest absolute Gasteiger partial charge is 0.240 e. The van der Waals surface area contributed by atoms with Gasteiger partial charge in [-0.25, -0.2) is 9.82 Å². The summed E-state index contributed by atoms with van der Waals surface area (Å²) in [4.78, 5) is 23.3. The molecule has 6 nitrogen and oxygen atoms in total. The van der Waals surface area contributed by atoms with Crippen molar-refractivity contribution in [3.63, 3.8) is 0 Å². The van der Waals surface area contributed by atoms with Crippen molar-refractivity contribution < 1.29 is 19.1 Å². The van der Waals surface area contributed by atoms with Gasteiger partial charge < -0.3 is 10.4 Å². The number of hydrogen-bond donors (Lipinski definition) is 3. The molecule has 0 aliphatic heterocycles. The molecular formula is C17H16FN3O3. The first-order chi connectivity index (χ1) is 11.5. The van der Waals surface area contributed by atoms with Crippen LogP contribution < -0.4 is 10.7 Å². The predicted octanol–water partition coefficient (Wildman–Crippen LogP) is 2.40. The number of carbonyl (C=O) groups excluding carboxylic acids is 2. The topological polar surface area (TPSA) is 90.8 Å². The van der Waals surface area contributed by atoms with E-state index in [4.69, 9.17) is 0 Å². The summed E-state index contributed by atoms with van der Waals surface area (Å²) < 4.78 is 12.7. The van der Waals surface area contributed by atoms with E-state index in [1.54, 1.807) is 12.1 Å². The van der Waals surface area contributed by atoms with Crippen molar-refractivity contribution >= 4 is 23.7 Å². The molecule has 0 aliphatic rings. The Bertz CT molecular complexity index is 745. The molecule has 0 saturated heterocycles. The first-order valence-corrected chi connectivity index (χ1v) is 7.19. The second-order valence-corrected chi connectivity index (χ2v) is 4.94. The lowest BCUT2D eigenvalue weighted by Crippen LogP contribution is -2.20. The molecular weight excluding hydrogens is 313 g/mol. The Kier molecular flexibility index (Phi) is 6.01. The molecule has 0 unspecified atom stereocenters.